The molecule has 32 heavy (non-hydrogen) atoms. The van der Waals surface area contributed by atoms with Gasteiger partial charge in [-0.1, -0.05) is 63.4 Å². The summed E-state index contributed by atoms with van der Waals surface area (Å²) >= 11 is 0. The van der Waals surface area contributed by atoms with Crippen molar-refractivity contribution in [1.29, 1.82) is 0 Å². The molecule has 0 amide bonds. The van der Waals surface area contributed by atoms with E-state index in [-0.39, 0.29) is 5.56 Å². The predicted molar refractivity (Wildman–Crippen MR) is 124 cm³/mol. The maximum atomic E-state index is 13.4. The first kappa shape index (κ1) is 23.0. The van der Waals surface area contributed by atoms with Crippen LogP contribution in [0.1, 0.15) is 99.3 Å². The first-order valence-electron chi connectivity index (χ1n) is 12.3. The van der Waals surface area contributed by atoms with E-state index in [0.29, 0.717) is 5.92 Å². The first-order chi connectivity index (χ1) is 15.5. The molecular formula is C29H33F3. The molecule has 170 valence electrons. The summed E-state index contributed by atoms with van der Waals surface area (Å²) in [6.07, 6.45) is 14.6. The predicted octanol–water partition coefficient (Wildman–Crippen LogP) is 8.31. The van der Waals surface area contributed by atoms with Gasteiger partial charge in [0.15, 0.2) is 17.5 Å². The van der Waals surface area contributed by atoms with Crippen molar-refractivity contribution in [3.8, 4) is 11.8 Å². The average molecular weight is 439 g/mol. The molecule has 2 aromatic carbocycles. The van der Waals surface area contributed by atoms with Crippen molar-refractivity contribution in [2.45, 2.75) is 83.5 Å². The molecule has 0 heterocycles. The summed E-state index contributed by atoms with van der Waals surface area (Å²) in [6.45, 7) is 2.27. The molecule has 1 saturated carbocycles. The van der Waals surface area contributed by atoms with E-state index in [1.54, 1.807) is 0 Å². The summed E-state index contributed by atoms with van der Waals surface area (Å²) in [5.41, 5.74) is 3.83. The SMILES string of the molecule is CCCCCCC[C@@H]1CC[C@@H]2c3ccc(C#Cc4cc(F)c(F)c(F)c4)cc3CC[C@@H]2C1. The molecule has 3 atom stereocenters. The van der Waals surface area contributed by atoms with Gasteiger partial charge in [0.2, 0.25) is 0 Å². The van der Waals surface area contributed by atoms with Gasteiger partial charge in [-0.15, -0.1) is 0 Å². The minimum absolute atomic E-state index is 0.146. The van der Waals surface area contributed by atoms with Gasteiger partial charge < -0.3 is 0 Å². The third-order valence-corrected chi connectivity index (χ3v) is 7.47. The van der Waals surface area contributed by atoms with E-state index in [4.69, 9.17) is 0 Å². The number of hydrogen-bond donors (Lipinski definition) is 0. The second-order valence-electron chi connectivity index (χ2n) is 9.70. The highest BCUT2D eigenvalue weighted by molar-refractivity contribution is 5.47. The number of halogens is 3. The highest BCUT2D eigenvalue weighted by Crippen LogP contribution is 2.48. The lowest BCUT2D eigenvalue weighted by molar-refractivity contribution is 0.199. The van der Waals surface area contributed by atoms with Crippen LogP contribution in [0.15, 0.2) is 30.3 Å². The Morgan fingerprint density at radius 2 is 1.59 bits per heavy atom. The molecule has 2 aliphatic carbocycles. The molecule has 1 fully saturated rings. The first-order valence-corrected chi connectivity index (χ1v) is 12.3. The maximum Gasteiger partial charge on any atom is 0.194 e. The van der Waals surface area contributed by atoms with E-state index >= 15 is 0 Å². The Bertz CT molecular complexity index is 974. The van der Waals surface area contributed by atoms with Crippen molar-refractivity contribution in [2.75, 3.05) is 0 Å². The molecule has 0 nitrogen and oxygen atoms in total. The van der Waals surface area contributed by atoms with Crippen LogP contribution in [0.4, 0.5) is 13.2 Å². The lowest BCUT2D eigenvalue weighted by atomic mass is 9.64. The lowest BCUT2D eigenvalue weighted by Crippen LogP contribution is -2.28. The van der Waals surface area contributed by atoms with Crippen molar-refractivity contribution in [2.24, 2.45) is 11.8 Å². The van der Waals surface area contributed by atoms with Gasteiger partial charge >= 0.3 is 0 Å². The topological polar surface area (TPSA) is 0 Å². The fourth-order valence-corrected chi connectivity index (χ4v) is 5.76. The number of hydrogen-bond acceptors (Lipinski definition) is 0. The van der Waals surface area contributed by atoms with Crippen LogP contribution in [0.25, 0.3) is 0 Å². The number of unbranched alkanes of at least 4 members (excludes halogenated alkanes) is 4. The standard InChI is InChI=1S/C29H33F3/c1-2-3-4-5-6-7-20-10-14-25-23(16-20)12-13-24-17-21(11-15-26(24)25)8-9-22-18-27(30)29(32)28(31)19-22/h11,15,17-20,23,25H,2-7,10,12-14,16H2,1H3/t20-,23-,25+/m1/s1. The third-order valence-electron chi connectivity index (χ3n) is 7.47. The van der Waals surface area contributed by atoms with Crippen molar-refractivity contribution in [3.05, 3.63) is 70.0 Å². The minimum atomic E-state index is -1.45. The zero-order valence-corrected chi connectivity index (χ0v) is 19.0. The smallest absolute Gasteiger partial charge is 0.194 e. The highest BCUT2D eigenvalue weighted by Gasteiger charge is 2.34. The Hall–Kier alpha value is -2.21. The second-order valence-corrected chi connectivity index (χ2v) is 9.70. The molecule has 0 bridgehead atoms. The van der Waals surface area contributed by atoms with Crippen LogP contribution in [-0.2, 0) is 6.42 Å². The van der Waals surface area contributed by atoms with Crippen molar-refractivity contribution in [3.63, 3.8) is 0 Å². The van der Waals surface area contributed by atoms with Crippen LogP contribution >= 0.6 is 0 Å². The molecular weight excluding hydrogens is 405 g/mol. The Labute approximate surface area is 190 Å². The molecule has 2 aliphatic rings. The third kappa shape index (κ3) is 5.40. The van der Waals surface area contributed by atoms with Crippen LogP contribution in [0.3, 0.4) is 0 Å². The summed E-state index contributed by atoms with van der Waals surface area (Å²) in [5, 5.41) is 0. The van der Waals surface area contributed by atoms with Crippen LogP contribution in [0.2, 0.25) is 0 Å². The lowest BCUT2D eigenvalue weighted by Gasteiger charge is -2.40. The van der Waals surface area contributed by atoms with Gasteiger partial charge in [0.25, 0.3) is 0 Å². The van der Waals surface area contributed by atoms with Gasteiger partial charge in [0.1, 0.15) is 0 Å². The maximum absolute atomic E-state index is 13.4. The summed E-state index contributed by atoms with van der Waals surface area (Å²) in [4.78, 5) is 0. The summed E-state index contributed by atoms with van der Waals surface area (Å²) in [7, 11) is 0. The van der Waals surface area contributed by atoms with Crippen LogP contribution in [0.5, 0.6) is 0 Å². The van der Waals surface area contributed by atoms with Gasteiger partial charge in [-0.25, -0.2) is 13.2 Å². The summed E-state index contributed by atoms with van der Waals surface area (Å²) < 4.78 is 40.0. The Morgan fingerprint density at radius 3 is 2.38 bits per heavy atom. The molecule has 0 N–H and O–H groups in total. The van der Waals surface area contributed by atoms with Crippen molar-refractivity contribution in [1.82, 2.24) is 0 Å². The quantitative estimate of drug-likeness (QED) is 0.242. The fourth-order valence-electron chi connectivity index (χ4n) is 5.76. The van der Waals surface area contributed by atoms with Gasteiger partial charge in [-0.3, -0.25) is 0 Å². The molecule has 0 aliphatic heterocycles. The molecule has 3 heteroatoms. The molecule has 4 rings (SSSR count). The Kier molecular flexibility index (Phi) is 7.61. The number of rotatable bonds is 6. The largest absolute Gasteiger partial charge is 0.204 e. The van der Waals surface area contributed by atoms with E-state index in [9.17, 15) is 13.2 Å². The van der Waals surface area contributed by atoms with Gasteiger partial charge in [0.05, 0.1) is 0 Å². The highest BCUT2D eigenvalue weighted by atomic mass is 19.2. The minimum Gasteiger partial charge on any atom is -0.204 e. The number of aryl methyl sites for hydroxylation is 1. The van der Waals surface area contributed by atoms with Crippen molar-refractivity contribution < 1.29 is 13.2 Å². The number of benzene rings is 2. The zero-order valence-electron chi connectivity index (χ0n) is 19.0. The molecule has 0 radical (unpaired) electrons. The van der Waals surface area contributed by atoms with Crippen LogP contribution in [0, 0.1) is 41.1 Å². The van der Waals surface area contributed by atoms with E-state index in [1.165, 1.54) is 75.3 Å². The van der Waals surface area contributed by atoms with E-state index in [0.717, 1.165) is 36.0 Å². The van der Waals surface area contributed by atoms with Gasteiger partial charge in [-0.2, -0.15) is 0 Å². The van der Waals surface area contributed by atoms with Crippen molar-refractivity contribution >= 4 is 0 Å². The zero-order chi connectivity index (χ0) is 22.5. The number of fused-ring (bicyclic) bond motifs is 3. The monoisotopic (exact) mass is 438 g/mol. The Morgan fingerprint density at radius 1 is 0.844 bits per heavy atom. The molecule has 0 saturated heterocycles. The summed E-state index contributed by atoms with van der Waals surface area (Å²) in [5.74, 6) is 4.28. The fraction of sp³-hybridized carbons (Fsp3) is 0.517. The average Bonchev–Trinajstić information content (AvgIpc) is 2.80. The van der Waals surface area contributed by atoms with E-state index < -0.39 is 17.5 Å². The van der Waals surface area contributed by atoms with Crippen LogP contribution < -0.4 is 0 Å². The van der Waals surface area contributed by atoms with Gasteiger partial charge in [-0.05, 0) is 85.3 Å². The molecule has 2 aromatic rings. The van der Waals surface area contributed by atoms with Gasteiger partial charge in [0, 0.05) is 11.1 Å². The van der Waals surface area contributed by atoms with E-state index in [1.807, 2.05) is 6.07 Å². The second kappa shape index (κ2) is 10.6. The van der Waals surface area contributed by atoms with E-state index in [2.05, 4.69) is 30.9 Å². The molecule has 0 aromatic heterocycles. The Balaban J connectivity index is 1.39. The van der Waals surface area contributed by atoms with Crippen LogP contribution in [-0.4, -0.2) is 0 Å². The summed E-state index contributed by atoms with van der Waals surface area (Å²) in [6, 6.07) is 8.25. The molecule has 0 unspecified atom stereocenters. The normalized spacial score (nSPS) is 21.9. The molecule has 0 spiro atoms.